The fourth-order valence-corrected chi connectivity index (χ4v) is 4.55. The molecule has 7 nitrogen and oxygen atoms in total. The molecule has 1 aromatic heterocycles. The van der Waals surface area contributed by atoms with Crippen molar-refractivity contribution in [3.63, 3.8) is 0 Å². The Balaban J connectivity index is 1.48. The van der Waals surface area contributed by atoms with Gasteiger partial charge in [-0.05, 0) is 31.6 Å². The Morgan fingerprint density at radius 3 is 2.30 bits per heavy atom. The molecule has 0 radical (unpaired) electrons. The highest BCUT2D eigenvalue weighted by molar-refractivity contribution is 7.15. The van der Waals surface area contributed by atoms with Gasteiger partial charge >= 0.3 is 0 Å². The summed E-state index contributed by atoms with van der Waals surface area (Å²) in [6.45, 7) is 1.54. The van der Waals surface area contributed by atoms with Gasteiger partial charge < -0.3 is 0 Å². The first kappa shape index (κ1) is 14.5. The van der Waals surface area contributed by atoms with E-state index in [4.69, 9.17) is 0 Å². The number of amides is 3. The number of carbonyl (C=O) groups excluding carboxylic acids is 3. The molecule has 1 saturated carbocycles. The number of aromatic nitrogens is 2. The van der Waals surface area contributed by atoms with Gasteiger partial charge in [0.05, 0.1) is 11.8 Å². The number of hydrogen-bond acceptors (Lipinski definition) is 6. The van der Waals surface area contributed by atoms with E-state index in [1.54, 1.807) is 6.92 Å². The van der Waals surface area contributed by atoms with Gasteiger partial charge in [0.25, 0.3) is 0 Å². The van der Waals surface area contributed by atoms with Crippen molar-refractivity contribution in [1.29, 1.82) is 0 Å². The van der Waals surface area contributed by atoms with E-state index in [1.807, 2.05) is 0 Å². The van der Waals surface area contributed by atoms with Gasteiger partial charge in [0.1, 0.15) is 11.6 Å². The molecule has 1 aliphatic heterocycles. The van der Waals surface area contributed by atoms with Crippen molar-refractivity contribution < 1.29 is 14.4 Å². The second kappa shape index (κ2) is 5.23. The maximum absolute atomic E-state index is 12.6. The largest absolute Gasteiger partial charge is 0.299 e. The molecular formula is C15H16N4O3S. The van der Waals surface area contributed by atoms with Crippen LogP contribution >= 0.6 is 11.3 Å². The molecular weight excluding hydrogens is 316 g/mol. The number of imide groups is 1. The lowest BCUT2D eigenvalue weighted by Gasteiger charge is -2.38. The van der Waals surface area contributed by atoms with Crippen LogP contribution in [0.2, 0.25) is 0 Å². The molecule has 4 atom stereocenters. The summed E-state index contributed by atoms with van der Waals surface area (Å²) in [5.41, 5.74) is 0. The number of anilines is 1. The number of nitrogens with zero attached hydrogens (tertiary/aromatic N) is 3. The number of fused-ring (bicyclic) bond motifs is 1. The topological polar surface area (TPSA) is 92.3 Å². The lowest BCUT2D eigenvalue weighted by molar-refractivity contribution is -0.142. The van der Waals surface area contributed by atoms with Crippen molar-refractivity contribution in [1.82, 2.24) is 15.1 Å². The van der Waals surface area contributed by atoms with Gasteiger partial charge in [-0.15, -0.1) is 10.2 Å². The van der Waals surface area contributed by atoms with Gasteiger partial charge in [-0.3, -0.25) is 24.6 Å². The van der Waals surface area contributed by atoms with Crippen molar-refractivity contribution in [3.8, 4) is 0 Å². The van der Waals surface area contributed by atoms with Gasteiger partial charge in [-0.1, -0.05) is 23.5 Å². The van der Waals surface area contributed by atoms with Crippen molar-refractivity contribution in [2.24, 2.45) is 23.7 Å². The van der Waals surface area contributed by atoms with Crippen LogP contribution in [-0.2, 0) is 14.4 Å². The lowest BCUT2D eigenvalue weighted by atomic mass is 9.63. The Labute approximate surface area is 136 Å². The average Bonchev–Trinajstić information content (AvgIpc) is 3.06. The zero-order valence-electron chi connectivity index (χ0n) is 12.6. The zero-order chi connectivity index (χ0) is 16.1. The Morgan fingerprint density at radius 2 is 1.83 bits per heavy atom. The minimum absolute atomic E-state index is 0.139. The molecule has 5 rings (SSSR count). The summed E-state index contributed by atoms with van der Waals surface area (Å²) in [6, 6.07) is 0. The van der Waals surface area contributed by atoms with E-state index in [0.29, 0.717) is 5.13 Å². The molecule has 3 amide bonds. The van der Waals surface area contributed by atoms with E-state index in [0.717, 1.165) is 22.7 Å². The lowest BCUT2D eigenvalue weighted by Crippen LogP contribution is -2.38. The standard InChI is InChI=1S/C15H16N4O3S/c1-7-17-18-15(23-7)16-10(20)6-19-13(21)11-8-2-3-9(5-4-8)12(11)14(19)22/h2-3,8-9,11-12H,4-6H2,1H3,(H,16,18,20)/t8-,9-,11+,12+/m0/s1. The summed E-state index contributed by atoms with van der Waals surface area (Å²) in [5.74, 6) is -1.10. The first-order valence-electron chi connectivity index (χ1n) is 7.68. The maximum atomic E-state index is 12.6. The highest BCUT2D eigenvalue weighted by atomic mass is 32.1. The number of likely N-dealkylation sites (tertiary alicyclic amines) is 1. The van der Waals surface area contributed by atoms with E-state index >= 15 is 0 Å². The molecule has 2 heterocycles. The van der Waals surface area contributed by atoms with E-state index in [9.17, 15) is 14.4 Å². The van der Waals surface area contributed by atoms with Gasteiger partial charge in [-0.25, -0.2) is 0 Å². The second-order valence-corrected chi connectivity index (χ2v) is 7.46. The van der Waals surface area contributed by atoms with Crippen LogP contribution in [0.1, 0.15) is 17.8 Å². The van der Waals surface area contributed by atoms with Crippen LogP contribution in [0.15, 0.2) is 12.2 Å². The Kier molecular flexibility index (Phi) is 3.29. The van der Waals surface area contributed by atoms with Crippen molar-refractivity contribution in [2.45, 2.75) is 19.8 Å². The molecule has 0 spiro atoms. The zero-order valence-corrected chi connectivity index (χ0v) is 13.4. The Hall–Kier alpha value is -2.09. The number of hydrogen-bond donors (Lipinski definition) is 1. The van der Waals surface area contributed by atoms with Crippen LogP contribution in [0, 0.1) is 30.6 Å². The molecule has 120 valence electrons. The van der Waals surface area contributed by atoms with E-state index in [1.165, 1.54) is 11.3 Å². The minimum Gasteiger partial charge on any atom is -0.299 e. The molecule has 1 aromatic rings. The molecule has 4 aliphatic rings. The highest BCUT2D eigenvalue weighted by Crippen LogP contribution is 2.49. The summed E-state index contributed by atoms with van der Waals surface area (Å²) >= 11 is 1.25. The Bertz CT molecular complexity index is 696. The third kappa shape index (κ3) is 2.28. The summed E-state index contributed by atoms with van der Waals surface area (Å²) in [6.07, 6.45) is 6.03. The fraction of sp³-hybridized carbons (Fsp3) is 0.533. The first-order valence-corrected chi connectivity index (χ1v) is 8.50. The molecule has 2 bridgehead atoms. The predicted molar refractivity (Wildman–Crippen MR) is 82.3 cm³/mol. The number of carbonyl (C=O) groups is 3. The number of allylic oxidation sites excluding steroid dienone is 2. The smallest absolute Gasteiger partial charge is 0.246 e. The quantitative estimate of drug-likeness (QED) is 0.658. The van der Waals surface area contributed by atoms with Crippen molar-refractivity contribution in [2.75, 3.05) is 11.9 Å². The summed E-state index contributed by atoms with van der Waals surface area (Å²) in [5, 5.41) is 11.3. The number of nitrogens with one attached hydrogen (secondary N) is 1. The van der Waals surface area contributed by atoms with Gasteiger partial charge in [0.2, 0.25) is 22.9 Å². The predicted octanol–water partition coefficient (Wildman–Crippen LogP) is 0.982. The van der Waals surface area contributed by atoms with E-state index in [2.05, 4.69) is 27.7 Å². The molecule has 8 heteroatoms. The third-order valence-electron chi connectivity index (χ3n) is 4.92. The molecule has 3 aliphatic carbocycles. The molecule has 1 N–H and O–H groups in total. The number of rotatable bonds is 3. The third-order valence-corrected chi connectivity index (χ3v) is 5.68. The second-order valence-electron chi connectivity index (χ2n) is 6.28. The highest BCUT2D eigenvalue weighted by Gasteiger charge is 2.56. The monoisotopic (exact) mass is 332 g/mol. The molecule has 2 fully saturated rings. The summed E-state index contributed by atoms with van der Waals surface area (Å²) in [4.78, 5) is 38.4. The molecule has 0 unspecified atom stereocenters. The van der Waals surface area contributed by atoms with Crippen molar-refractivity contribution >= 4 is 34.2 Å². The van der Waals surface area contributed by atoms with E-state index in [-0.39, 0.29) is 42.0 Å². The van der Waals surface area contributed by atoms with Gasteiger partial charge in [0, 0.05) is 0 Å². The van der Waals surface area contributed by atoms with E-state index < -0.39 is 5.91 Å². The normalized spacial score (nSPS) is 31.6. The fourth-order valence-electron chi connectivity index (χ4n) is 3.94. The van der Waals surface area contributed by atoms with Crippen LogP contribution < -0.4 is 5.32 Å². The Morgan fingerprint density at radius 1 is 1.22 bits per heavy atom. The minimum atomic E-state index is -0.415. The molecule has 23 heavy (non-hydrogen) atoms. The average molecular weight is 332 g/mol. The van der Waals surface area contributed by atoms with Crippen LogP contribution in [0.25, 0.3) is 0 Å². The summed E-state index contributed by atoms with van der Waals surface area (Å²) in [7, 11) is 0. The van der Waals surface area contributed by atoms with Gasteiger partial charge in [0.15, 0.2) is 0 Å². The van der Waals surface area contributed by atoms with Gasteiger partial charge in [-0.2, -0.15) is 0 Å². The van der Waals surface area contributed by atoms with Crippen LogP contribution in [0.4, 0.5) is 5.13 Å². The first-order chi connectivity index (χ1) is 11.0. The molecule has 1 saturated heterocycles. The maximum Gasteiger partial charge on any atom is 0.246 e. The molecule has 0 aromatic carbocycles. The van der Waals surface area contributed by atoms with Crippen LogP contribution in [-0.4, -0.2) is 39.4 Å². The number of aryl methyl sites for hydroxylation is 1. The van der Waals surface area contributed by atoms with Crippen LogP contribution in [0.3, 0.4) is 0 Å². The van der Waals surface area contributed by atoms with Crippen LogP contribution in [0.5, 0.6) is 0 Å². The van der Waals surface area contributed by atoms with Crippen molar-refractivity contribution in [3.05, 3.63) is 17.2 Å². The SMILES string of the molecule is Cc1nnc(NC(=O)CN2C(=O)[C@H]3[C@H](C2=O)[C@H]2C=C[C@H]3CC2)s1. The summed E-state index contributed by atoms with van der Waals surface area (Å²) < 4.78 is 0.